The van der Waals surface area contributed by atoms with Crippen molar-refractivity contribution in [2.45, 2.75) is 342 Å². The normalized spacial score (nSPS) is 14.2. The number of phosphoric ester groups is 2. The Balaban J connectivity index is 5.21. The largest absolute Gasteiger partial charge is 0.472 e. The SMILES string of the molecule is CCCCCCCCCCCCCCCCCC(=O)O[C@H](COC(=O)CCCCCCCCCCCCC)COP(=O)(O)OC[C@@H](O)COP(=O)(O)OC[C@@H](COC(=O)CCCCCCCCCC)OC(=O)CCCCCCCCC(C)C. The molecule has 492 valence electrons. The predicted octanol–water partition coefficient (Wildman–Crippen LogP) is 17.8. The van der Waals surface area contributed by atoms with Crippen molar-refractivity contribution in [2.24, 2.45) is 5.92 Å². The fourth-order valence-electron chi connectivity index (χ4n) is 9.58. The maximum atomic E-state index is 13.0. The molecule has 0 heterocycles. The van der Waals surface area contributed by atoms with Crippen LogP contribution in [0.3, 0.4) is 0 Å². The molecular weight excluding hydrogens is 1100 g/mol. The molecule has 0 aromatic rings. The van der Waals surface area contributed by atoms with E-state index < -0.39 is 97.5 Å². The molecule has 0 rings (SSSR count). The molecule has 17 nitrogen and oxygen atoms in total. The highest BCUT2D eigenvalue weighted by atomic mass is 31.2. The Bertz CT molecular complexity index is 1620. The molecule has 0 spiro atoms. The van der Waals surface area contributed by atoms with E-state index in [1.54, 1.807) is 0 Å². The molecule has 83 heavy (non-hydrogen) atoms. The van der Waals surface area contributed by atoms with Gasteiger partial charge >= 0.3 is 39.5 Å². The lowest BCUT2D eigenvalue weighted by molar-refractivity contribution is -0.161. The molecule has 0 amide bonds. The van der Waals surface area contributed by atoms with Crippen molar-refractivity contribution in [3.05, 3.63) is 0 Å². The third-order valence-corrected chi connectivity index (χ3v) is 16.7. The third-order valence-electron chi connectivity index (χ3n) is 14.8. The predicted molar refractivity (Wildman–Crippen MR) is 331 cm³/mol. The summed E-state index contributed by atoms with van der Waals surface area (Å²) in [6.45, 7) is 7.08. The van der Waals surface area contributed by atoms with Crippen LogP contribution in [0, 0.1) is 5.92 Å². The zero-order chi connectivity index (χ0) is 61.3. The van der Waals surface area contributed by atoms with Crippen molar-refractivity contribution < 1.29 is 80.2 Å². The minimum Gasteiger partial charge on any atom is -0.462 e. The molecule has 3 N–H and O–H groups in total. The molecule has 5 atom stereocenters. The van der Waals surface area contributed by atoms with E-state index in [2.05, 4.69) is 34.6 Å². The molecular formula is C64H124O17P2. The quantitative estimate of drug-likeness (QED) is 0.0222. The molecule has 0 bridgehead atoms. The summed E-state index contributed by atoms with van der Waals surface area (Å²) in [4.78, 5) is 72.1. The first-order valence-electron chi connectivity index (χ1n) is 33.6. The maximum absolute atomic E-state index is 13.0. The number of rotatable bonds is 64. The average Bonchev–Trinajstić information content (AvgIpc) is 3.45. The van der Waals surface area contributed by atoms with Gasteiger partial charge in [0.1, 0.15) is 19.3 Å². The van der Waals surface area contributed by atoms with Crippen molar-refractivity contribution in [3.63, 3.8) is 0 Å². The summed E-state index contributed by atoms with van der Waals surface area (Å²) >= 11 is 0. The highest BCUT2D eigenvalue weighted by Gasteiger charge is 2.30. The van der Waals surface area contributed by atoms with Crippen LogP contribution >= 0.6 is 15.6 Å². The van der Waals surface area contributed by atoms with E-state index in [0.29, 0.717) is 31.6 Å². The molecule has 0 saturated heterocycles. The Hall–Kier alpha value is -1.94. The van der Waals surface area contributed by atoms with E-state index in [-0.39, 0.29) is 25.7 Å². The lowest BCUT2D eigenvalue weighted by atomic mass is 10.0. The number of hydrogen-bond acceptors (Lipinski definition) is 15. The van der Waals surface area contributed by atoms with Gasteiger partial charge in [0.05, 0.1) is 26.4 Å². The van der Waals surface area contributed by atoms with E-state index in [1.807, 2.05) is 0 Å². The summed E-state index contributed by atoms with van der Waals surface area (Å²) in [7, 11) is -9.88. The van der Waals surface area contributed by atoms with Crippen LogP contribution in [0.5, 0.6) is 0 Å². The number of aliphatic hydroxyl groups excluding tert-OH is 1. The lowest BCUT2D eigenvalue weighted by Crippen LogP contribution is -2.30. The average molecular weight is 1230 g/mol. The van der Waals surface area contributed by atoms with E-state index >= 15 is 0 Å². The Kier molecular flexibility index (Phi) is 56.4. The minimum atomic E-state index is -4.94. The number of carbonyl (C=O) groups excluding carboxylic acids is 4. The number of unbranched alkanes of at least 4 members (excludes halogenated alkanes) is 36. The van der Waals surface area contributed by atoms with Crippen LogP contribution in [-0.4, -0.2) is 96.7 Å². The number of ether oxygens (including phenoxy) is 4. The summed E-state index contributed by atoms with van der Waals surface area (Å²) in [6.07, 6.45) is 41.8. The van der Waals surface area contributed by atoms with Gasteiger partial charge in [-0.3, -0.25) is 37.3 Å². The summed E-state index contributed by atoms with van der Waals surface area (Å²) in [5.41, 5.74) is 0. The number of esters is 4. The van der Waals surface area contributed by atoms with Gasteiger partial charge in [-0.05, 0) is 31.6 Å². The monoisotopic (exact) mass is 1230 g/mol. The van der Waals surface area contributed by atoms with Crippen molar-refractivity contribution >= 4 is 39.5 Å². The molecule has 0 aliphatic heterocycles. The molecule has 2 unspecified atom stereocenters. The van der Waals surface area contributed by atoms with Crippen LogP contribution in [0.4, 0.5) is 0 Å². The van der Waals surface area contributed by atoms with E-state index in [4.69, 9.17) is 37.0 Å². The van der Waals surface area contributed by atoms with Crippen LogP contribution < -0.4 is 0 Å². The molecule has 0 aromatic heterocycles. The Morgan fingerprint density at radius 1 is 0.325 bits per heavy atom. The number of phosphoric acid groups is 2. The minimum absolute atomic E-state index is 0.102. The summed E-state index contributed by atoms with van der Waals surface area (Å²) in [5, 5.41) is 10.5. The van der Waals surface area contributed by atoms with Crippen molar-refractivity contribution in [1.29, 1.82) is 0 Å². The first kappa shape index (κ1) is 81.1. The van der Waals surface area contributed by atoms with Crippen LogP contribution in [-0.2, 0) is 65.4 Å². The standard InChI is InChI=1S/C64H124O17P2/c1-6-9-12-15-18-21-23-24-25-26-28-30-33-39-44-49-63(68)80-59(53-75-62(67)48-43-38-32-29-27-22-19-16-13-10-7-2)55-78-82(70,71)76-51-58(65)52-77-83(72,73)79-56-60(54-74-61(66)47-42-37-31-20-17-14-11-8-3)81-64(69)50-45-40-35-34-36-41-46-57(4)5/h57-60,65H,6-56H2,1-5H3,(H,70,71)(H,72,73)/t58-,59-,60-/m1/s1. The van der Waals surface area contributed by atoms with Crippen LogP contribution in [0.15, 0.2) is 0 Å². The molecule has 0 aromatic carbocycles. The van der Waals surface area contributed by atoms with Gasteiger partial charge in [0.15, 0.2) is 12.2 Å². The molecule has 0 fully saturated rings. The van der Waals surface area contributed by atoms with Gasteiger partial charge in [0.25, 0.3) is 0 Å². The second-order valence-electron chi connectivity index (χ2n) is 23.6. The molecule has 19 heteroatoms. The maximum Gasteiger partial charge on any atom is 0.472 e. The molecule has 0 radical (unpaired) electrons. The zero-order valence-electron chi connectivity index (χ0n) is 53.3. The number of aliphatic hydroxyl groups is 1. The van der Waals surface area contributed by atoms with Crippen molar-refractivity contribution in [3.8, 4) is 0 Å². The van der Waals surface area contributed by atoms with Crippen LogP contribution in [0.2, 0.25) is 0 Å². The Morgan fingerprint density at radius 2 is 0.554 bits per heavy atom. The van der Waals surface area contributed by atoms with Crippen molar-refractivity contribution in [2.75, 3.05) is 39.6 Å². The van der Waals surface area contributed by atoms with Gasteiger partial charge in [-0.2, -0.15) is 0 Å². The first-order chi connectivity index (χ1) is 40.0. The molecule has 0 aliphatic rings. The second kappa shape index (κ2) is 57.8. The second-order valence-corrected chi connectivity index (χ2v) is 26.5. The fourth-order valence-corrected chi connectivity index (χ4v) is 11.2. The van der Waals surface area contributed by atoms with Gasteiger partial charge < -0.3 is 33.8 Å². The van der Waals surface area contributed by atoms with E-state index in [1.165, 1.54) is 141 Å². The fraction of sp³-hybridized carbons (Fsp3) is 0.938. The van der Waals surface area contributed by atoms with E-state index in [0.717, 1.165) is 96.3 Å². The van der Waals surface area contributed by atoms with Gasteiger partial charge in [-0.15, -0.1) is 0 Å². The Labute approximate surface area is 505 Å². The van der Waals surface area contributed by atoms with Crippen LogP contribution in [0.1, 0.15) is 324 Å². The lowest BCUT2D eigenvalue weighted by Gasteiger charge is -2.21. The zero-order valence-corrected chi connectivity index (χ0v) is 55.1. The smallest absolute Gasteiger partial charge is 0.462 e. The third kappa shape index (κ3) is 58.8. The van der Waals surface area contributed by atoms with Gasteiger partial charge in [0.2, 0.25) is 0 Å². The molecule has 0 aliphatic carbocycles. The summed E-state index contributed by atoms with van der Waals surface area (Å²) in [6, 6.07) is 0. The van der Waals surface area contributed by atoms with Gasteiger partial charge in [0, 0.05) is 25.7 Å². The van der Waals surface area contributed by atoms with Crippen LogP contribution in [0.25, 0.3) is 0 Å². The highest BCUT2D eigenvalue weighted by Crippen LogP contribution is 2.45. The Morgan fingerprint density at radius 3 is 0.819 bits per heavy atom. The number of carbonyl (C=O) groups is 4. The van der Waals surface area contributed by atoms with E-state index in [9.17, 15) is 43.2 Å². The summed E-state index contributed by atoms with van der Waals surface area (Å²) < 4.78 is 67.9. The van der Waals surface area contributed by atoms with Gasteiger partial charge in [-0.25, -0.2) is 9.13 Å². The summed E-state index contributed by atoms with van der Waals surface area (Å²) in [5.74, 6) is -1.47. The highest BCUT2D eigenvalue weighted by molar-refractivity contribution is 7.47. The van der Waals surface area contributed by atoms with Crippen molar-refractivity contribution in [1.82, 2.24) is 0 Å². The topological polar surface area (TPSA) is 237 Å². The number of hydrogen-bond donors (Lipinski definition) is 3. The molecule has 0 saturated carbocycles. The first-order valence-corrected chi connectivity index (χ1v) is 36.6. The van der Waals surface area contributed by atoms with Gasteiger partial charge in [-0.1, -0.05) is 272 Å².